The van der Waals surface area contributed by atoms with Crippen LogP contribution in [0, 0.1) is 0 Å². The standard InChI is InChI=1S/C12H19N5O3S/c1-5-8-16(9-6-2)21(19,20)11-13-10-17(14-11)12(18)15(4)7-3/h5-6,10H,1-2,7-9H2,3-4H3. The number of carbonyl (C=O) groups is 1. The highest BCUT2D eigenvalue weighted by Crippen LogP contribution is 2.10. The smallest absolute Gasteiger partial charge is 0.326 e. The first-order valence-electron chi connectivity index (χ1n) is 6.27. The average Bonchev–Trinajstić information content (AvgIpc) is 2.95. The van der Waals surface area contributed by atoms with Crippen molar-refractivity contribution in [1.29, 1.82) is 0 Å². The maximum absolute atomic E-state index is 12.4. The van der Waals surface area contributed by atoms with Gasteiger partial charge in [0.25, 0.3) is 15.2 Å². The number of rotatable bonds is 7. The fourth-order valence-electron chi connectivity index (χ4n) is 1.44. The maximum atomic E-state index is 12.4. The minimum Gasteiger partial charge on any atom is -0.326 e. The van der Waals surface area contributed by atoms with Crippen molar-refractivity contribution in [2.24, 2.45) is 0 Å². The fraction of sp³-hybridized carbons (Fsp3) is 0.417. The highest BCUT2D eigenvalue weighted by Gasteiger charge is 2.28. The van der Waals surface area contributed by atoms with Crippen molar-refractivity contribution in [2.75, 3.05) is 26.7 Å². The molecule has 1 amide bonds. The summed E-state index contributed by atoms with van der Waals surface area (Å²) in [5.74, 6) is 0. The molecule has 0 aromatic carbocycles. The quantitative estimate of drug-likeness (QED) is 0.686. The van der Waals surface area contributed by atoms with Crippen LogP contribution < -0.4 is 0 Å². The van der Waals surface area contributed by atoms with Crippen molar-refractivity contribution < 1.29 is 13.2 Å². The van der Waals surface area contributed by atoms with Crippen LogP contribution in [-0.2, 0) is 10.0 Å². The van der Waals surface area contributed by atoms with E-state index in [0.29, 0.717) is 6.54 Å². The molecule has 0 aliphatic carbocycles. The molecule has 0 radical (unpaired) electrons. The molecule has 0 spiro atoms. The van der Waals surface area contributed by atoms with Gasteiger partial charge in [0, 0.05) is 26.7 Å². The number of carbonyl (C=O) groups excluding carboxylic acids is 1. The molecule has 0 aliphatic rings. The fourth-order valence-corrected chi connectivity index (χ4v) is 2.65. The summed E-state index contributed by atoms with van der Waals surface area (Å²) in [7, 11) is -2.31. The predicted molar refractivity (Wildman–Crippen MR) is 78.3 cm³/mol. The van der Waals surface area contributed by atoms with Gasteiger partial charge in [0.1, 0.15) is 6.33 Å². The molecule has 1 rings (SSSR count). The van der Waals surface area contributed by atoms with Crippen LogP contribution in [0.2, 0.25) is 0 Å². The van der Waals surface area contributed by atoms with Crippen molar-refractivity contribution in [3.63, 3.8) is 0 Å². The van der Waals surface area contributed by atoms with Crippen molar-refractivity contribution >= 4 is 16.1 Å². The Balaban J connectivity index is 3.10. The second-order valence-corrected chi connectivity index (χ2v) is 6.00. The number of aromatic nitrogens is 3. The Morgan fingerprint density at radius 3 is 2.43 bits per heavy atom. The third-order valence-electron chi connectivity index (χ3n) is 2.70. The number of nitrogens with zero attached hydrogens (tertiary/aromatic N) is 5. The van der Waals surface area contributed by atoms with Crippen LogP contribution in [0.15, 0.2) is 36.8 Å². The molecule has 0 unspecified atom stereocenters. The number of amides is 1. The molecule has 0 N–H and O–H groups in total. The summed E-state index contributed by atoms with van der Waals surface area (Å²) >= 11 is 0. The normalized spacial score (nSPS) is 11.4. The molecule has 1 aromatic heterocycles. The van der Waals surface area contributed by atoms with E-state index in [2.05, 4.69) is 23.2 Å². The summed E-state index contributed by atoms with van der Waals surface area (Å²) in [6.45, 7) is 9.49. The van der Waals surface area contributed by atoms with Gasteiger partial charge in [-0.1, -0.05) is 12.2 Å². The number of hydrogen-bond donors (Lipinski definition) is 0. The molecule has 1 aromatic rings. The van der Waals surface area contributed by atoms with Gasteiger partial charge >= 0.3 is 6.03 Å². The Morgan fingerprint density at radius 1 is 1.38 bits per heavy atom. The summed E-state index contributed by atoms with van der Waals surface area (Å²) < 4.78 is 26.7. The van der Waals surface area contributed by atoms with E-state index in [1.807, 2.05) is 0 Å². The molecule has 116 valence electrons. The topological polar surface area (TPSA) is 88.4 Å². The predicted octanol–water partition coefficient (Wildman–Crippen LogP) is 0.561. The maximum Gasteiger partial charge on any atom is 0.345 e. The van der Waals surface area contributed by atoms with Crippen molar-refractivity contribution in [3.05, 3.63) is 31.6 Å². The van der Waals surface area contributed by atoms with E-state index in [4.69, 9.17) is 0 Å². The molecule has 0 saturated carbocycles. The first-order chi connectivity index (χ1) is 9.88. The zero-order valence-corrected chi connectivity index (χ0v) is 13.0. The van der Waals surface area contributed by atoms with E-state index >= 15 is 0 Å². The molecule has 1 heterocycles. The second kappa shape index (κ2) is 7.14. The Morgan fingerprint density at radius 2 is 1.95 bits per heavy atom. The van der Waals surface area contributed by atoms with Gasteiger partial charge in [0.05, 0.1) is 0 Å². The van der Waals surface area contributed by atoms with Gasteiger partial charge in [-0.15, -0.1) is 18.3 Å². The van der Waals surface area contributed by atoms with E-state index in [1.54, 1.807) is 14.0 Å². The van der Waals surface area contributed by atoms with Crippen LogP contribution in [0.1, 0.15) is 6.92 Å². The molecule has 9 heteroatoms. The highest BCUT2D eigenvalue weighted by atomic mass is 32.2. The SMILES string of the molecule is C=CCN(CC=C)S(=O)(=O)c1ncn(C(=O)N(C)CC)n1. The first-order valence-corrected chi connectivity index (χ1v) is 7.71. The molecule has 0 bridgehead atoms. The minimum atomic E-state index is -3.89. The Kier molecular flexibility index (Phi) is 5.79. The van der Waals surface area contributed by atoms with Gasteiger partial charge in [-0.25, -0.2) is 18.2 Å². The lowest BCUT2D eigenvalue weighted by atomic mass is 10.5. The van der Waals surface area contributed by atoms with E-state index < -0.39 is 21.2 Å². The van der Waals surface area contributed by atoms with Crippen molar-refractivity contribution in [3.8, 4) is 0 Å². The summed E-state index contributed by atoms with van der Waals surface area (Å²) in [4.78, 5) is 17.0. The van der Waals surface area contributed by atoms with Crippen molar-refractivity contribution in [2.45, 2.75) is 12.1 Å². The van der Waals surface area contributed by atoms with Crippen LogP contribution in [0.3, 0.4) is 0 Å². The zero-order chi connectivity index (χ0) is 16.0. The number of sulfonamides is 1. The largest absolute Gasteiger partial charge is 0.345 e. The molecule has 0 aliphatic heterocycles. The minimum absolute atomic E-state index is 0.103. The molecular weight excluding hydrogens is 294 g/mol. The molecular formula is C12H19N5O3S. The van der Waals surface area contributed by atoms with Crippen LogP contribution in [0.5, 0.6) is 0 Å². The number of hydrogen-bond acceptors (Lipinski definition) is 5. The monoisotopic (exact) mass is 313 g/mol. The van der Waals surface area contributed by atoms with Crippen LogP contribution >= 0.6 is 0 Å². The first kappa shape index (κ1) is 17.1. The van der Waals surface area contributed by atoms with Gasteiger partial charge in [-0.3, -0.25) is 0 Å². The summed E-state index contributed by atoms with van der Waals surface area (Å²) in [6, 6.07) is -0.453. The molecule has 0 atom stereocenters. The van der Waals surface area contributed by atoms with Crippen molar-refractivity contribution in [1.82, 2.24) is 24.0 Å². The third-order valence-corrected chi connectivity index (χ3v) is 4.33. The summed E-state index contributed by atoms with van der Waals surface area (Å²) in [5, 5.41) is 3.33. The van der Waals surface area contributed by atoms with Gasteiger partial charge in [-0.05, 0) is 6.92 Å². The van der Waals surface area contributed by atoms with E-state index in [0.717, 1.165) is 15.3 Å². The lowest BCUT2D eigenvalue weighted by molar-refractivity contribution is 0.209. The van der Waals surface area contributed by atoms with Crippen LogP contribution in [-0.4, -0.2) is 65.1 Å². The Bertz CT molecular complexity index is 613. The second-order valence-electron chi connectivity index (χ2n) is 4.17. The molecule has 8 nitrogen and oxygen atoms in total. The Labute approximate surface area is 124 Å². The molecule has 0 saturated heterocycles. The summed E-state index contributed by atoms with van der Waals surface area (Å²) in [5.41, 5.74) is 0. The zero-order valence-electron chi connectivity index (χ0n) is 12.1. The van der Waals surface area contributed by atoms with E-state index in [9.17, 15) is 13.2 Å². The van der Waals surface area contributed by atoms with Gasteiger partial charge < -0.3 is 4.90 Å². The van der Waals surface area contributed by atoms with Crippen LogP contribution in [0.4, 0.5) is 4.79 Å². The van der Waals surface area contributed by atoms with E-state index in [-0.39, 0.29) is 13.1 Å². The summed E-state index contributed by atoms with van der Waals surface area (Å²) in [6.07, 6.45) is 3.99. The van der Waals surface area contributed by atoms with Gasteiger partial charge in [0.2, 0.25) is 0 Å². The molecule has 0 fully saturated rings. The van der Waals surface area contributed by atoms with Gasteiger partial charge in [-0.2, -0.15) is 8.99 Å². The van der Waals surface area contributed by atoms with E-state index in [1.165, 1.54) is 17.1 Å². The molecule has 21 heavy (non-hydrogen) atoms. The third kappa shape index (κ3) is 3.76. The Hall–Kier alpha value is -2.00. The van der Waals surface area contributed by atoms with Crippen LogP contribution in [0.25, 0.3) is 0 Å². The van der Waals surface area contributed by atoms with Gasteiger partial charge in [0.15, 0.2) is 0 Å². The average molecular weight is 313 g/mol. The lowest BCUT2D eigenvalue weighted by Crippen LogP contribution is -2.33. The lowest BCUT2D eigenvalue weighted by Gasteiger charge is -2.16. The highest BCUT2D eigenvalue weighted by molar-refractivity contribution is 7.89.